The average Bonchev–Trinajstić information content (AvgIpc) is 2.46. The van der Waals surface area contributed by atoms with E-state index in [1.54, 1.807) is 13.0 Å². The molecule has 0 fully saturated rings. The van der Waals surface area contributed by atoms with Gasteiger partial charge in [-0.2, -0.15) is 4.98 Å². The molecule has 2 aromatic rings. The molecule has 0 saturated carbocycles. The lowest BCUT2D eigenvalue weighted by Crippen LogP contribution is -2.13. The summed E-state index contributed by atoms with van der Waals surface area (Å²) in [6, 6.07) is 3.94. The number of rotatable bonds is 5. The fourth-order valence-corrected chi connectivity index (χ4v) is 1.98. The molecule has 2 rings (SSSR count). The number of nitrogens with zero attached hydrogens (tertiary/aromatic N) is 3. The number of halogens is 1. The molecule has 0 saturated heterocycles. The van der Waals surface area contributed by atoms with E-state index in [2.05, 4.69) is 15.3 Å². The number of nitrogen functional groups attached to an aromatic ring is 1. The van der Waals surface area contributed by atoms with Crippen LogP contribution in [0.3, 0.4) is 0 Å². The van der Waals surface area contributed by atoms with Crippen molar-refractivity contribution in [2.45, 2.75) is 13.0 Å². The molecule has 116 valence electrons. The van der Waals surface area contributed by atoms with E-state index >= 15 is 0 Å². The van der Waals surface area contributed by atoms with Gasteiger partial charge in [0.2, 0.25) is 11.8 Å². The number of nitro groups is 1. The van der Waals surface area contributed by atoms with Crippen LogP contribution in [0.5, 0.6) is 5.75 Å². The van der Waals surface area contributed by atoms with E-state index in [9.17, 15) is 14.5 Å². The van der Waals surface area contributed by atoms with Crippen molar-refractivity contribution >= 4 is 17.5 Å². The minimum absolute atomic E-state index is 0.0564. The Labute approximate surface area is 125 Å². The summed E-state index contributed by atoms with van der Waals surface area (Å²) in [4.78, 5) is 17.6. The van der Waals surface area contributed by atoms with Crippen LogP contribution in [0.1, 0.15) is 18.5 Å². The third kappa shape index (κ3) is 3.03. The average molecular weight is 307 g/mol. The zero-order valence-corrected chi connectivity index (χ0v) is 11.9. The third-order valence-corrected chi connectivity index (χ3v) is 3.01. The van der Waals surface area contributed by atoms with Crippen molar-refractivity contribution in [2.75, 3.05) is 18.2 Å². The number of anilines is 2. The number of aromatic nitrogens is 2. The summed E-state index contributed by atoms with van der Waals surface area (Å²) in [6.45, 7) is 1.68. The van der Waals surface area contributed by atoms with E-state index < -0.39 is 16.8 Å². The molecule has 1 aromatic carbocycles. The van der Waals surface area contributed by atoms with Gasteiger partial charge in [-0.15, -0.1) is 0 Å². The molecule has 8 nitrogen and oxygen atoms in total. The highest BCUT2D eigenvalue weighted by molar-refractivity contribution is 5.53. The highest BCUT2D eigenvalue weighted by Gasteiger charge is 2.19. The van der Waals surface area contributed by atoms with Crippen molar-refractivity contribution in [1.29, 1.82) is 0 Å². The van der Waals surface area contributed by atoms with Crippen LogP contribution < -0.4 is 15.8 Å². The van der Waals surface area contributed by atoms with Gasteiger partial charge in [0.1, 0.15) is 17.8 Å². The second kappa shape index (κ2) is 6.20. The molecular weight excluding hydrogens is 293 g/mol. The first-order valence-corrected chi connectivity index (χ1v) is 6.30. The molecule has 0 radical (unpaired) electrons. The molecule has 0 aliphatic carbocycles. The predicted octanol–water partition coefficient (Wildman–Crippen LogP) is 2.29. The molecule has 9 heteroatoms. The molecule has 0 aliphatic heterocycles. The van der Waals surface area contributed by atoms with Crippen LogP contribution in [-0.2, 0) is 0 Å². The van der Waals surface area contributed by atoms with Gasteiger partial charge in [-0.05, 0) is 19.1 Å². The first-order valence-electron chi connectivity index (χ1n) is 6.30. The molecule has 1 heterocycles. The highest BCUT2D eigenvalue weighted by atomic mass is 19.1. The van der Waals surface area contributed by atoms with Gasteiger partial charge in [-0.1, -0.05) is 6.07 Å². The normalized spacial score (nSPS) is 11.8. The predicted molar refractivity (Wildman–Crippen MR) is 78.1 cm³/mol. The largest absolute Gasteiger partial charge is 0.496 e. The van der Waals surface area contributed by atoms with Gasteiger partial charge in [0.15, 0.2) is 0 Å². The van der Waals surface area contributed by atoms with E-state index in [4.69, 9.17) is 10.5 Å². The SMILES string of the molecule is COc1cccc(F)c1[C@@H](C)Nc1ncc([N+](=O)[O-])c(N)n1. The molecule has 22 heavy (non-hydrogen) atoms. The Morgan fingerprint density at radius 1 is 1.50 bits per heavy atom. The molecular formula is C13H14FN5O3. The van der Waals surface area contributed by atoms with Crippen molar-refractivity contribution in [3.8, 4) is 5.75 Å². The highest BCUT2D eigenvalue weighted by Crippen LogP contribution is 2.30. The number of benzene rings is 1. The molecule has 0 bridgehead atoms. The fourth-order valence-electron chi connectivity index (χ4n) is 1.98. The van der Waals surface area contributed by atoms with Gasteiger partial charge < -0.3 is 15.8 Å². The van der Waals surface area contributed by atoms with Crippen molar-refractivity contribution in [1.82, 2.24) is 9.97 Å². The molecule has 3 N–H and O–H groups in total. The second-order valence-corrected chi connectivity index (χ2v) is 4.44. The number of nitrogens with one attached hydrogen (secondary N) is 1. The summed E-state index contributed by atoms with van der Waals surface area (Å²) in [5.41, 5.74) is 5.40. The Morgan fingerprint density at radius 3 is 2.82 bits per heavy atom. The Bertz CT molecular complexity index is 710. The fraction of sp³-hybridized carbons (Fsp3) is 0.231. The quantitative estimate of drug-likeness (QED) is 0.643. The lowest BCUT2D eigenvalue weighted by Gasteiger charge is -2.17. The van der Waals surface area contributed by atoms with E-state index in [0.717, 1.165) is 6.20 Å². The smallest absolute Gasteiger partial charge is 0.329 e. The first kappa shape index (κ1) is 15.4. The van der Waals surface area contributed by atoms with Crippen LogP contribution >= 0.6 is 0 Å². The zero-order valence-electron chi connectivity index (χ0n) is 11.9. The van der Waals surface area contributed by atoms with E-state index in [1.807, 2.05) is 0 Å². The van der Waals surface area contributed by atoms with Crippen molar-refractivity contribution in [3.05, 3.63) is 45.9 Å². The summed E-state index contributed by atoms with van der Waals surface area (Å²) in [5.74, 6) is -0.291. The maximum Gasteiger partial charge on any atom is 0.329 e. The van der Waals surface area contributed by atoms with Crippen LogP contribution in [0.4, 0.5) is 21.8 Å². The zero-order chi connectivity index (χ0) is 16.3. The summed E-state index contributed by atoms with van der Waals surface area (Å²) in [5, 5.41) is 13.5. The lowest BCUT2D eigenvalue weighted by atomic mass is 10.1. The van der Waals surface area contributed by atoms with Gasteiger partial charge in [0.05, 0.1) is 23.6 Å². The second-order valence-electron chi connectivity index (χ2n) is 4.44. The van der Waals surface area contributed by atoms with Crippen molar-refractivity contribution in [3.63, 3.8) is 0 Å². The van der Waals surface area contributed by atoms with Crippen LogP contribution in [0.15, 0.2) is 24.4 Å². The number of hydrogen-bond donors (Lipinski definition) is 2. The maximum absolute atomic E-state index is 14.0. The molecule has 1 aromatic heterocycles. The number of ether oxygens (including phenoxy) is 1. The third-order valence-electron chi connectivity index (χ3n) is 3.01. The summed E-state index contributed by atoms with van der Waals surface area (Å²) >= 11 is 0. The summed E-state index contributed by atoms with van der Waals surface area (Å²) in [7, 11) is 1.44. The molecule has 0 spiro atoms. The Morgan fingerprint density at radius 2 is 2.23 bits per heavy atom. The Kier molecular flexibility index (Phi) is 4.35. The minimum atomic E-state index is -0.678. The number of hydrogen-bond acceptors (Lipinski definition) is 7. The lowest BCUT2D eigenvalue weighted by molar-refractivity contribution is -0.384. The van der Waals surface area contributed by atoms with Gasteiger partial charge in [0, 0.05) is 0 Å². The van der Waals surface area contributed by atoms with Crippen LogP contribution in [0, 0.1) is 15.9 Å². The monoisotopic (exact) mass is 307 g/mol. The maximum atomic E-state index is 14.0. The van der Waals surface area contributed by atoms with Crippen LogP contribution in [-0.4, -0.2) is 22.0 Å². The van der Waals surface area contributed by atoms with Gasteiger partial charge in [-0.25, -0.2) is 9.37 Å². The molecule has 1 atom stereocenters. The van der Waals surface area contributed by atoms with Gasteiger partial charge in [-0.3, -0.25) is 10.1 Å². The number of nitrogens with two attached hydrogens (primary N) is 1. The van der Waals surface area contributed by atoms with E-state index in [0.29, 0.717) is 11.3 Å². The van der Waals surface area contributed by atoms with Crippen LogP contribution in [0.2, 0.25) is 0 Å². The Balaban J connectivity index is 2.28. The van der Waals surface area contributed by atoms with Gasteiger partial charge >= 0.3 is 5.69 Å². The first-order chi connectivity index (χ1) is 10.4. The van der Waals surface area contributed by atoms with Crippen molar-refractivity contribution < 1.29 is 14.1 Å². The van der Waals surface area contributed by atoms with E-state index in [1.165, 1.54) is 19.2 Å². The Hall–Kier alpha value is -2.97. The topological polar surface area (TPSA) is 116 Å². The van der Waals surface area contributed by atoms with Gasteiger partial charge in [0.25, 0.3) is 0 Å². The molecule has 0 aliphatic rings. The standard InChI is InChI=1S/C13H14FN5O3/c1-7(11-8(14)4-3-5-10(11)22-2)17-13-16-6-9(19(20)21)12(15)18-13/h3-7H,1-2H3,(H3,15,16,17,18)/t7-/m1/s1. The van der Waals surface area contributed by atoms with Crippen LogP contribution in [0.25, 0.3) is 0 Å². The molecule has 0 unspecified atom stereocenters. The molecule has 0 amide bonds. The minimum Gasteiger partial charge on any atom is -0.496 e. The summed E-state index contributed by atoms with van der Waals surface area (Å²) < 4.78 is 19.1. The number of methoxy groups -OCH3 is 1. The van der Waals surface area contributed by atoms with E-state index in [-0.39, 0.29) is 17.5 Å². The summed E-state index contributed by atoms with van der Waals surface area (Å²) in [6.07, 6.45) is 0.996. The van der Waals surface area contributed by atoms with Crippen molar-refractivity contribution in [2.24, 2.45) is 0 Å².